The van der Waals surface area contributed by atoms with E-state index >= 15 is 0 Å². The van der Waals surface area contributed by atoms with Gasteiger partial charge in [0.2, 0.25) is 0 Å². The summed E-state index contributed by atoms with van der Waals surface area (Å²) >= 11 is 0. The minimum absolute atomic E-state index is 0.761. The number of carbonyl (C=O) groups is 3. The van der Waals surface area contributed by atoms with Crippen LogP contribution in [0.5, 0.6) is 0 Å². The minimum atomic E-state index is -2.38. The summed E-state index contributed by atoms with van der Waals surface area (Å²) in [5, 5.41) is 18.1. The molecule has 0 bridgehead atoms. The molecular weight excluding hydrogens is 208 g/mol. The zero-order valence-electron chi connectivity index (χ0n) is 8.35. The number of carbonyl (C=O) groups excluding carboxylic acids is 2. The first kappa shape index (κ1) is 13.4. The molecule has 1 atom stereocenters. The van der Waals surface area contributed by atoms with Crippen molar-refractivity contribution < 1.29 is 34.1 Å². The predicted molar refractivity (Wildman–Crippen MR) is 45.9 cm³/mol. The van der Waals surface area contributed by atoms with Gasteiger partial charge < -0.3 is 19.7 Å². The molecule has 0 aliphatic rings. The second-order valence-corrected chi connectivity index (χ2v) is 2.85. The SMILES string of the molecule is COC(=O)C[C@@](O)(CC(=O)O)C(=O)OC. The Morgan fingerprint density at radius 1 is 1.13 bits per heavy atom. The smallest absolute Gasteiger partial charge is 0.339 e. The van der Waals surface area contributed by atoms with Crippen LogP contribution in [0, 0.1) is 0 Å². The third-order valence-electron chi connectivity index (χ3n) is 1.67. The molecule has 0 aliphatic carbocycles. The van der Waals surface area contributed by atoms with E-state index in [2.05, 4.69) is 9.47 Å². The topological polar surface area (TPSA) is 110 Å². The van der Waals surface area contributed by atoms with Gasteiger partial charge >= 0.3 is 17.9 Å². The summed E-state index contributed by atoms with van der Waals surface area (Å²) in [6.07, 6.45) is -1.68. The van der Waals surface area contributed by atoms with Gasteiger partial charge in [-0.2, -0.15) is 0 Å². The number of methoxy groups -OCH3 is 2. The molecule has 0 aromatic heterocycles. The Bertz CT molecular complexity index is 272. The van der Waals surface area contributed by atoms with E-state index in [1.54, 1.807) is 0 Å². The van der Waals surface area contributed by atoms with Crippen molar-refractivity contribution in [2.45, 2.75) is 18.4 Å². The van der Waals surface area contributed by atoms with Crippen molar-refractivity contribution in [2.75, 3.05) is 14.2 Å². The molecule has 0 aromatic carbocycles. The lowest BCUT2D eigenvalue weighted by atomic mass is 9.96. The van der Waals surface area contributed by atoms with Crippen molar-refractivity contribution >= 4 is 17.9 Å². The first-order valence-electron chi connectivity index (χ1n) is 3.95. The lowest BCUT2D eigenvalue weighted by molar-refractivity contribution is -0.173. The Morgan fingerprint density at radius 2 is 1.67 bits per heavy atom. The first-order valence-corrected chi connectivity index (χ1v) is 3.95. The molecular formula is C8H12O7. The number of ether oxygens (including phenoxy) is 2. The van der Waals surface area contributed by atoms with Gasteiger partial charge in [0.15, 0.2) is 5.60 Å². The maximum absolute atomic E-state index is 11.1. The number of aliphatic hydroxyl groups is 1. The second kappa shape index (κ2) is 5.30. The largest absolute Gasteiger partial charge is 0.481 e. The fraction of sp³-hybridized carbons (Fsp3) is 0.625. The molecule has 0 aromatic rings. The maximum Gasteiger partial charge on any atom is 0.339 e. The summed E-state index contributed by atoms with van der Waals surface area (Å²) in [6, 6.07) is 0. The molecule has 7 heteroatoms. The van der Waals surface area contributed by atoms with Crippen molar-refractivity contribution in [3.8, 4) is 0 Å². The van der Waals surface area contributed by atoms with Crippen LogP contribution in [0.4, 0.5) is 0 Å². The van der Waals surface area contributed by atoms with Gasteiger partial charge in [0, 0.05) is 0 Å². The number of esters is 2. The van der Waals surface area contributed by atoms with Gasteiger partial charge in [-0.1, -0.05) is 0 Å². The summed E-state index contributed by atoms with van der Waals surface area (Å²) in [5.41, 5.74) is -2.38. The standard InChI is InChI=1S/C8H12O7/c1-14-6(11)4-8(13,3-5(9)10)7(12)15-2/h13H,3-4H2,1-2H3,(H,9,10)/t8-/m0/s1. The highest BCUT2D eigenvalue weighted by Gasteiger charge is 2.42. The molecule has 0 aliphatic heterocycles. The predicted octanol–water partition coefficient (Wildman–Crippen LogP) is -1.07. The van der Waals surface area contributed by atoms with E-state index in [4.69, 9.17) is 5.11 Å². The fourth-order valence-electron chi connectivity index (χ4n) is 0.958. The molecule has 0 unspecified atom stereocenters. The second-order valence-electron chi connectivity index (χ2n) is 2.85. The van der Waals surface area contributed by atoms with E-state index in [1.807, 2.05) is 0 Å². The summed E-state index contributed by atoms with van der Waals surface area (Å²) in [7, 11) is 2.03. The van der Waals surface area contributed by atoms with E-state index in [1.165, 1.54) is 0 Å². The monoisotopic (exact) mass is 220 g/mol. The van der Waals surface area contributed by atoms with E-state index in [0.717, 1.165) is 14.2 Å². The quantitative estimate of drug-likeness (QED) is 0.567. The molecule has 86 valence electrons. The van der Waals surface area contributed by atoms with Crippen molar-refractivity contribution in [1.29, 1.82) is 0 Å². The normalized spacial score (nSPS) is 13.8. The number of carboxylic acid groups (broad SMARTS) is 1. The van der Waals surface area contributed by atoms with Crippen LogP contribution in [0.1, 0.15) is 12.8 Å². The third kappa shape index (κ3) is 3.94. The van der Waals surface area contributed by atoms with Crippen molar-refractivity contribution in [2.24, 2.45) is 0 Å². The number of aliphatic carboxylic acids is 1. The van der Waals surface area contributed by atoms with Gasteiger partial charge in [-0.25, -0.2) is 4.79 Å². The Morgan fingerprint density at radius 3 is 2.00 bits per heavy atom. The summed E-state index contributed by atoms with van der Waals surface area (Å²) < 4.78 is 8.42. The summed E-state index contributed by atoms with van der Waals surface area (Å²) in [4.78, 5) is 32.3. The molecule has 2 N–H and O–H groups in total. The first-order chi connectivity index (χ1) is 6.85. The van der Waals surface area contributed by atoms with Crippen LogP contribution in [0.2, 0.25) is 0 Å². The van der Waals surface area contributed by atoms with E-state index in [9.17, 15) is 19.5 Å². The van der Waals surface area contributed by atoms with Gasteiger partial charge in [-0.3, -0.25) is 9.59 Å². The van der Waals surface area contributed by atoms with Crippen LogP contribution >= 0.6 is 0 Å². The Hall–Kier alpha value is -1.63. The molecule has 0 amide bonds. The van der Waals surface area contributed by atoms with Crippen LogP contribution in [0.3, 0.4) is 0 Å². The minimum Gasteiger partial charge on any atom is -0.481 e. The maximum atomic E-state index is 11.1. The molecule has 0 spiro atoms. The highest BCUT2D eigenvalue weighted by Crippen LogP contribution is 2.18. The van der Waals surface area contributed by atoms with Crippen LogP contribution < -0.4 is 0 Å². The molecule has 15 heavy (non-hydrogen) atoms. The van der Waals surface area contributed by atoms with E-state index in [0.29, 0.717) is 0 Å². The van der Waals surface area contributed by atoms with E-state index in [-0.39, 0.29) is 0 Å². The van der Waals surface area contributed by atoms with Crippen LogP contribution in [-0.4, -0.2) is 47.9 Å². The fourth-order valence-corrected chi connectivity index (χ4v) is 0.958. The molecule has 0 saturated carbocycles. The van der Waals surface area contributed by atoms with Gasteiger partial charge in [0.05, 0.1) is 27.1 Å². The lowest BCUT2D eigenvalue weighted by Gasteiger charge is -2.21. The highest BCUT2D eigenvalue weighted by atomic mass is 16.5. The summed E-state index contributed by atoms with van der Waals surface area (Å²) in [5.74, 6) is -3.51. The van der Waals surface area contributed by atoms with Crippen LogP contribution in [0.25, 0.3) is 0 Å². The Kier molecular flexibility index (Phi) is 4.72. The average Bonchev–Trinajstić information content (AvgIpc) is 2.14. The van der Waals surface area contributed by atoms with Gasteiger partial charge in [-0.05, 0) is 0 Å². The zero-order chi connectivity index (χ0) is 12.1. The van der Waals surface area contributed by atoms with Crippen LogP contribution in [0.15, 0.2) is 0 Å². The van der Waals surface area contributed by atoms with Crippen molar-refractivity contribution in [3.63, 3.8) is 0 Å². The van der Waals surface area contributed by atoms with Gasteiger partial charge in [0.25, 0.3) is 0 Å². The third-order valence-corrected chi connectivity index (χ3v) is 1.67. The Balaban J connectivity index is 4.76. The van der Waals surface area contributed by atoms with Crippen molar-refractivity contribution in [1.82, 2.24) is 0 Å². The molecule has 7 nitrogen and oxygen atoms in total. The Labute approximate surface area is 85.6 Å². The van der Waals surface area contributed by atoms with Crippen LogP contribution in [-0.2, 0) is 23.9 Å². The zero-order valence-corrected chi connectivity index (χ0v) is 8.35. The number of rotatable bonds is 5. The van der Waals surface area contributed by atoms with Crippen molar-refractivity contribution in [3.05, 3.63) is 0 Å². The number of hydrogen-bond donors (Lipinski definition) is 2. The highest BCUT2D eigenvalue weighted by molar-refractivity contribution is 5.89. The molecule has 0 heterocycles. The number of carboxylic acids is 1. The van der Waals surface area contributed by atoms with Gasteiger partial charge in [-0.15, -0.1) is 0 Å². The van der Waals surface area contributed by atoms with E-state index < -0.39 is 36.4 Å². The van der Waals surface area contributed by atoms with Gasteiger partial charge in [0.1, 0.15) is 0 Å². The molecule has 0 saturated heterocycles. The molecule has 0 rings (SSSR count). The lowest BCUT2D eigenvalue weighted by Crippen LogP contribution is -2.43. The molecule has 0 fully saturated rings. The molecule has 0 radical (unpaired) electrons. The average molecular weight is 220 g/mol. The summed E-state index contributed by atoms with van der Waals surface area (Å²) in [6.45, 7) is 0. The number of hydrogen-bond acceptors (Lipinski definition) is 6.